The molecule has 0 spiro atoms. The van der Waals surface area contributed by atoms with E-state index in [9.17, 15) is 18.3 Å². The number of carbonyl (C=O) groups is 1. The molecule has 4 aromatic carbocycles. The second-order valence-electron chi connectivity index (χ2n) is 11.6. The maximum Gasteiger partial charge on any atom is 0.303 e. The van der Waals surface area contributed by atoms with Crippen LogP contribution in [0.15, 0.2) is 91.0 Å². The van der Waals surface area contributed by atoms with E-state index in [0.717, 1.165) is 23.1 Å². The molecule has 0 heterocycles. The number of likely N-dealkylation sites (N-methyl/N-ethyl adjacent to an activating group) is 1. The highest BCUT2D eigenvalue weighted by Gasteiger charge is 2.24. The third-order valence-electron chi connectivity index (χ3n) is 7.41. The number of aliphatic hydroxyl groups excluding tert-OH is 1. The van der Waals surface area contributed by atoms with Gasteiger partial charge in [-0.1, -0.05) is 91.0 Å². The zero-order valence-corrected chi connectivity index (χ0v) is 25.3. The van der Waals surface area contributed by atoms with Crippen molar-refractivity contribution in [2.24, 2.45) is 0 Å². The first-order valence-electron chi connectivity index (χ1n) is 14.1. The molecule has 0 saturated carbocycles. The highest BCUT2D eigenvalue weighted by molar-refractivity contribution is 7.88. The number of nitrogens with one attached hydrogen (secondary N) is 1. The van der Waals surface area contributed by atoms with Crippen molar-refractivity contribution >= 4 is 26.8 Å². The smallest absolute Gasteiger partial charge is 0.303 e. The molecule has 3 N–H and O–H groups in total. The van der Waals surface area contributed by atoms with E-state index in [-0.39, 0.29) is 30.8 Å². The molecule has 0 radical (unpaired) electrons. The molecule has 0 unspecified atom stereocenters. The maximum absolute atomic E-state index is 13.2. The zero-order chi connectivity index (χ0) is 30.3. The Morgan fingerprint density at radius 1 is 0.857 bits per heavy atom. The van der Waals surface area contributed by atoms with Crippen LogP contribution in [0.2, 0.25) is 0 Å². The molecular formula is C34H40N2O5S. The summed E-state index contributed by atoms with van der Waals surface area (Å²) in [6, 6.07) is 29.7. The van der Waals surface area contributed by atoms with Crippen molar-refractivity contribution in [2.75, 3.05) is 20.1 Å². The number of aliphatic hydroxyl groups is 1. The molecule has 4 aromatic rings. The van der Waals surface area contributed by atoms with E-state index in [1.165, 1.54) is 27.7 Å². The predicted octanol–water partition coefficient (Wildman–Crippen LogP) is 5.26. The summed E-state index contributed by atoms with van der Waals surface area (Å²) in [4.78, 5) is 10.8. The van der Waals surface area contributed by atoms with E-state index in [1.54, 1.807) is 6.07 Å². The molecule has 0 aromatic heterocycles. The van der Waals surface area contributed by atoms with Crippen LogP contribution in [-0.4, -0.2) is 60.7 Å². The van der Waals surface area contributed by atoms with Crippen LogP contribution in [0.4, 0.5) is 0 Å². The van der Waals surface area contributed by atoms with Crippen LogP contribution in [0.3, 0.4) is 0 Å². The summed E-state index contributed by atoms with van der Waals surface area (Å²) in [7, 11) is -2.16. The second kappa shape index (κ2) is 13.6. The number of aliphatic carboxylic acids is 1. The molecule has 0 bridgehead atoms. The van der Waals surface area contributed by atoms with Crippen molar-refractivity contribution < 1.29 is 23.4 Å². The lowest BCUT2D eigenvalue weighted by Gasteiger charge is -2.29. The average Bonchev–Trinajstić information content (AvgIpc) is 2.95. The van der Waals surface area contributed by atoms with Crippen LogP contribution in [0.1, 0.15) is 37.0 Å². The van der Waals surface area contributed by atoms with E-state index in [1.807, 2.05) is 54.6 Å². The maximum atomic E-state index is 13.2. The van der Waals surface area contributed by atoms with Gasteiger partial charge in [0.2, 0.25) is 10.0 Å². The summed E-state index contributed by atoms with van der Waals surface area (Å²) in [5.41, 5.74) is 4.29. The molecule has 1 atom stereocenters. The van der Waals surface area contributed by atoms with Gasteiger partial charge in [0.15, 0.2) is 0 Å². The van der Waals surface area contributed by atoms with Gasteiger partial charge in [-0.15, -0.1) is 0 Å². The number of benzene rings is 4. The number of hydrogen-bond donors (Lipinski definition) is 3. The van der Waals surface area contributed by atoms with Gasteiger partial charge in [0.1, 0.15) is 0 Å². The van der Waals surface area contributed by atoms with Crippen LogP contribution in [0, 0.1) is 0 Å². The number of carboxylic acids is 1. The van der Waals surface area contributed by atoms with Gasteiger partial charge in [0.25, 0.3) is 0 Å². The van der Waals surface area contributed by atoms with Crippen molar-refractivity contribution in [3.63, 3.8) is 0 Å². The summed E-state index contributed by atoms with van der Waals surface area (Å²) in [5, 5.41) is 25.4. The van der Waals surface area contributed by atoms with Crippen LogP contribution in [0.25, 0.3) is 21.9 Å². The molecule has 0 aliphatic heterocycles. The summed E-state index contributed by atoms with van der Waals surface area (Å²) < 4.78 is 27.5. The molecule has 42 heavy (non-hydrogen) atoms. The predicted molar refractivity (Wildman–Crippen MR) is 169 cm³/mol. The molecule has 4 rings (SSSR count). The number of sulfonamides is 1. The molecule has 0 amide bonds. The average molecular weight is 589 g/mol. The van der Waals surface area contributed by atoms with Crippen molar-refractivity contribution in [3.8, 4) is 11.1 Å². The van der Waals surface area contributed by atoms with E-state index in [0.29, 0.717) is 12.0 Å². The van der Waals surface area contributed by atoms with E-state index in [4.69, 9.17) is 5.11 Å². The van der Waals surface area contributed by atoms with Crippen molar-refractivity contribution in [1.29, 1.82) is 0 Å². The van der Waals surface area contributed by atoms with Crippen LogP contribution >= 0.6 is 0 Å². The first-order valence-corrected chi connectivity index (χ1v) is 15.8. The lowest BCUT2D eigenvalue weighted by Crippen LogP contribution is -2.47. The fourth-order valence-electron chi connectivity index (χ4n) is 5.07. The number of aryl methyl sites for hydroxylation is 1. The number of β-amino-alcohol motifs (C(OH)–C–C–N with tert-alkyl or cyclic N) is 1. The molecule has 7 nitrogen and oxygen atoms in total. The summed E-state index contributed by atoms with van der Waals surface area (Å²) in [6.45, 7) is 4.40. The van der Waals surface area contributed by atoms with Gasteiger partial charge in [-0.3, -0.25) is 4.79 Å². The van der Waals surface area contributed by atoms with Crippen molar-refractivity contribution in [3.05, 3.63) is 108 Å². The quantitative estimate of drug-likeness (QED) is 0.186. The Labute approximate surface area is 248 Å². The Hall–Kier alpha value is -3.56. The molecular weight excluding hydrogens is 548 g/mol. The Morgan fingerprint density at radius 2 is 1.55 bits per heavy atom. The standard InChI is InChI=1S/C34H40N2O5S/c1-34(2,21-26-13-17-28-8-4-5-9-30(28)19-26)35-22-32(37)23-36(3)42(40,41)24-27-7-6-10-31(20-27)29-15-11-25(12-16-29)14-18-33(38)39/h4-13,15-17,19-20,32,35,37H,14,18,21-24H2,1-3H3,(H,38,39)/t32-/m1/s1. The largest absolute Gasteiger partial charge is 0.481 e. The normalized spacial score (nSPS) is 13.0. The van der Waals surface area contributed by atoms with Crippen LogP contribution in [-0.2, 0) is 33.4 Å². The van der Waals surface area contributed by atoms with Gasteiger partial charge in [0, 0.05) is 32.1 Å². The first-order chi connectivity index (χ1) is 19.9. The van der Waals surface area contributed by atoms with Gasteiger partial charge >= 0.3 is 5.97 Å². The number of nitrogens with zero attached hydrogens (tertiary/aromatic N) is 1. The number of carboxylic acid groups (broad SMARTS) is 1. The highest BCUT2D eigenvalue weighted by atomic mass is 32.2. The monoisotopic (exact) mass is 588 g/mol. The fourth-order valence-corrected chi connectivity index (χ4v) is 6.29. The Morgan fingerprint density at radius 3 is 2.26 bits per heavy atom. The molecule has 0 aliphatic rings. The lowest BCUT2D eigenvalue weighted by molar-refractivity contribution is -0.136. The topological polar surface area (TPSA) is 107 Å². The van der Waals surface area contributed by atoms with Crippen molar-refractivity contribution in [2.45, 2.75) is 50.5 Å². The lowest BCUT2D eigenvalue weighted by atomic mass is 9.93. The summed E-state index contributed by atoms with van der Waals surface area (Å²) in [5.74, 6) is -1.01. The van der Waals surface area contributed by atoms with Gasteiger partial charge in [-0.25, -0.2) is 12.7 Å². The second-order valence-corrected chi connectivity index (χ2v) is 13.7. The molecule has 0 aliphatic carbocycles. The van der Waals surface area contributed by atoms with Crippen LogP contribution < -0.4 is 5.32 Å². The third-order valence-corrected chi connectivity index (χ3v) is 9.21. The minimum atomic E-state index is -3.66. The van der Waals surface area contributed by atoms with E-state index < -0.39 is 22.1 Å². The fraction of sp³-hybridized carbons (Fsp3) is 0.324. The minimum Gasteiger partial charge on any atom is -0.481 e. The van der Waals surface area contributed by atoms with Crippen molar-refractivity contribution in [1.82, 2.24) is 9.62 Å². The number of hydrogen-bond acceptors (Lipinski definition) is 5. The van der Waals surface area contributed by atoms with Gasteiger partial charge in [0.05, 0.1) is 11.9 Å². The Kier molecular flexibility index (Phi) is 10.2. The van der Waals surface area contributed by atoms with Gasteiger partial charge < -0.3 is 15.5 Å². The number of rotatable bonds is 14. The van der Waals surface area contributed by atoms with Gasteiger partial charge in [-0.2, -0.15) is 0 Å². The first kappa shape index (κ1) is 31.4. The zero-order valence-electron chi connectivity index (χ0n) is 24.5. The van der Waals surface area contributed by atoms with Gasteiger partial charge in [-0.05, 0) is 65.3 Å². The number of fused-ring (bicyclic) bond motifs is 1. The Bertz CT molecular complexity index is 1620. The summed E-state index contributed by atoms with van der Waals surface area (Å²) in [6.07, 6.45) is 0.434. The van der Waals surface area contributed by atoms with E-state index in [2.05, 4.69) is 49.5 Å². The summed E-state index contributed by atoms with van der Waals surface area (Å²) >= 11 is 0. The molecule has 0 fully saturated rings. The molecule has 0 saturated heterocycles. The van der Waals surface area contributed by atoms with E-state index >= 15 is 0 Å². The third kappa shape index (κ3) is 8.97. The highest BCUT2D eigenvalue weighted by Crippen LogP contribution is 2.23. The Balaban J connectivity index is 1.30. The SMILES string of the molecule is CN(C[C@H](O)CNC(C)(C)Cc1ccc2ccccc2c1)S(=O)(=O)Cc1cccc(-c2ccc(CCC(=O)O)cc2)c1. The molecule has 222 valence electrons. The minimum absolute atomic E-state index is 0.0150. The molecule has 8 heteroatoms. The van der Waals surface area contributed by atoms with Crippen LogP contribution in [0.5, 0.6) is 0 Å².